The van der Waals surface area contributed by atoms with Crippen LogP contribution in [0.15, 0.2) is 54.6 Å². The fourth-order valence-corrected chi connectivity index (χ4v) is 2.73. The van der Waals surface area contributed by atoms with Gasteiger partial charge in [0.2, 0.25) is 5.91 Å². The van der Waals surface area contributed by atoms with Crippen molar-refractivity contribution in [2.24, 2.45) is 0 Å². The van der Waals surface area contributed by atoms with Gasteiger partial charge < -0.3 is 10.1 Å². The van der Waals surface area contributed by atoms with E-state index in [4.69, 9.17) is 4.74 Å². The number of ether oxygens (including phenoxy) is 1. The van der Waals surface area contributed by atoms with E-state index in [0.29, 0.717) is 18.2 Å². The average Bonchev–Trinajstić information content (AvgIpc) is 2.91. The Labute approximate surface area is 126 Å². The van der Waals surface area contributed by atoms with Crippen LogP contribution in [0.3, 0.4) is 0 Å². The van der Waals surface area contributed by atoms with Crippen LogP contribution in [-0.2, 0) is 4.79 Å². The monoisotopic (exact) mass is 298 g/mol. The third-order valence-corrected chi connectivity index (χ3v) is 3.84. The van der Waals surface area contributed by atoms with Gasteiger partial charge in [0.15, 0.2) is 0 Å². The predicted octanol–water partition coefficient (Wildman–Crippen LogP) is 3.70. The molecule has 0 saturated carbocycles. The molecule has 0 aliphatic rings. The van der Waals surface area contributed by atoms with Crippen LogP contribution >= 0.6 is 11.3 Å². The zero-order chi connectivity index (χ0) is 14.5. The lowest BCUT2D eigenvalue weighted by molar-refractivity contribution is -0.116. The summed E-state index contributed by atoms with van der Waals surface area (Å²) in [6, 6.07) is 17.2. The van der Waals surface area contributed by atoms with E-state index in [-0.39, 0.29) is 5.91 Å². The number of carbonyl (C=O) groups excluding carboxylic acids is 1. The molecule has 1 heterocycles. The number of para-hydroxylation sites is 2. The van der Waals surface area contributed by atoms with Crippen molar-refractivity contribution in [2.75, 3.05) is 11.9 Å². The van der Waals surface area contributed by atoms with Crippen molar-refractivity contribution in [3.8, 4) is 5.19 Å². The summed E-state index contributed by atoms with van der Waals surface area (Å²) in [6.07, 6.45) is 0.296. The maximum absolute atomic E-state index is 11.8. The Morgan fingerprint density at radius 3 is 2.67 bits per heavy atom. The summed E-state index contributed by atoms with van der Waals surface area (Å²) in [6.45, 7) is 0.318. The van der Waals surface area contributed by atoms with E-state index in [9.17, 15) is 4.79 Å². The van der Waals surface area contributed by atoms with Gasteiger partial charge in [0, 0.05) is 5.69 Å². The summed E-state index contributed by atoms with van der Waals surface area (Å²) in [4.78, 5) is 16.1. The molecular weight excluding hydrogens is 284 g/mol. The first kappa shape index (κ1) is 13.6. The minimum absolute atomic E-state index is 0.0673. The van der Waals surface area contributed by atoms with Crippen LogP contribution in [-0.4, -0.2) is 17.5 Å². The molecule has 0 fully saturated rings. The number of carbonyl (C=O) groups is 1. The maximum Gasteiger partial charge on any atom is 0.274 e. The largest absolute Gasteiger partial charge is 0.469 e. The molecule has 1 N–H and O–H groups in total. The summed E-state index contributed by atoms with van der Waals surface area (Å²) in [5.74, 6) is -0.0673. The molecular formula is C16H14N2O2S. The maximum atomic E-state index is 11.8. The van der Waals surface area contributed by atoms with Gasteiger partial charge in [0.05, 0.1) is 23.2 Å². The van der Waals surface area contributed by atoms with E-state index >= 15 is 0 Å². The van der Waals surface area contributed by atoms with Gasteiger partial charge in [-0.1, -0.05) is 41.7 Å². The van der Waals surface area contributed by atoms with Crippen molar-refractivity contribution >= 4 is 33.1 Å². The Balaban J connectivity index is 1.50. The molecule has 1 aromatic heterocycles. The predicted molar refractivity (Wildman–Crippen MR) is 84.8 cm³/mol. The Kier molecular flexibility index (Phi) is 4.12. The quantitative estimate of drug-likeness (QED) is 0.781. The molecule has 0 unspecified atom stereocenters. The number of thiazole rings is 1. The molecule has 106 valence electrons. The topological polar surface area (TPSA) is 51.2 Å². The van der Waals surface area contributed by atoms with Gasteiger partial charge in [-0.2, -0.15) is 0 Å². The van der Waals surface area contributed by atoms with E-state index in [1.807, 2.05) is 54.6 Å². The molecule has 3 rings (SSSR count). The third-order valence-electron chi connectivity index (χ3n) is 2.89. The summed E-state index contributed by atoms with van der Waals surface area (Å²) in [7, 11) is 0. The van der Waals surface area contributed by atoms with E-state index in [1.165, 1.54) is 11.3 Å². The first-order chi connectivity index (χ1) is 10.3. The molecule has 0 atom stereocenters. The van der Waals surface area contributed by atoms with Gasteiger partial charge in [-0.15, -0.1) is 0 Å². The highest BCUT2D eigenvalue weighted by atomic mass is 32.1. The molecule has 3 aromatic rings. The minimum Gasteiger partial charge on any atom is -0.469 e. The summed E-state index contributed by atoms with van der Waals surface area (Å²) >= 11 is 1.49. The Morgan fingerprint density at radius 2 is 1.86 bits per heavy atom. The third kappa shape index (κ3) is 3.58. The Hall–Kier alpha value is -2.40. The molecule has 0 spiro atoms. The van der Waals surface area contributed by atoms with Crippen molar-refractivity contribution in [3.63, 3.8) is 0 Å². The minimum atomic E-state index is -0.0673. The highest BCUT2D eigenvalue weighted by Gasteiger charge is 2.06. The van der Waals surface area contributed by atoms with Crippen molar-refractivity contribution in [3.05, 3.63) is 54.6 Å². The highest BCUT2D eigenvalue weighted by molar-refractivity contribution is 7.20. The Bertz CT molecular complexity index is 707. The van der Waals surface area contributed by atoms with Crippen molar-refractivity contribution < 1.29 is 9.53 Å². The second kappa shape index (κ2) is 6.37. The molecule has 0 saturated heterocycles. The number of hydrogen-bond donors (Lipinski definition) is 1. The number of nitrogens with zero attached hydrogens (tertiary/aromatic N) is 1. The van der Waals surface area contributed by atoms with Crippen LogP contribution in [0.4, 0.5) is 5.69 Å². The molecule has 1 amide bonds. The van der Waals surface area contributed by atoms with Gasteiger partial charge in [-0.25, -0.2) is 4.98 Å². The van der Waals surface area contributed by atoms with Crippen LogP contribution in [0.25, 0.3) is 10.2 Å². The van der Waals surface area contributed by atoms with Crippen LogP contribution < -0.4 is 10.1 Å². The summed E-state index contributed by atoms with van der Waals surface area (Å²) < 4.78 is 6.63. The fraction of sp³-hybridized carbons (Fsp3) is 0.125. The van der Waals surface area contributed by atoms with E-state index in [2.05, 4.69) is 10.3 Å². The fourth-order valence-electron chi connectivity index (χ4n) is 1.89. The Morgan fingerprint density at radius 1 is 1.10 bits per heavy atom. The van der Waals surface area contributed by atoms with Gasteiger partial charge >= 0.3 is 0 Å². The molecule has 0 radical (unpaired) electrons. The summed E-state index contributed by atoms with van der Waals surface area (Å²) in [5.41, 5.74) is 1.72. The standard InChI is InChI=1S/C16H14N2O2S/c19-15(17-12-6-2-1-3-7-12)10-11-20-16-18-13-8-4-5-9-14(13)21-16/h1-9H,10-11H2,(H,17,19). The number of amides is 1. The zero-order valence-electron chi connectivity index (χ0n) is 11.3. The second-order valence-electron chi connectivity index (χ2n) is 4.46. The van der Waals surface area contributed by atoms with Gasteiger partial charge in [-0.05, 0) is 24.3 Å². The lowest BCUT2D eigenvalue weighted by Gasteiger charge is -2.05. The number of nitrogens with one attached hydrogen (secondary N) is 1. The van der Waals surface area contributed by atoms with E-state index < -0.39 is 0 Å². The van der Waals surface area contributed by atoms with Gasteiger partial charge in [-0.3, -0.25) is 4.79 Å². The van der Waals surface area contributed by atoms with Crippen LogP contribution in [0, 0.1) is 0 Å². The molecule has 5 heteroatoms. The van der Waals surface area contributed by atoms with Crippen molar-refractivity contribution in [1.29, 1.82) is 0 Å². The highest BCUT2D eigenvalue weighted by Crippen LogP contribution is 2.27. The van der Waals surface area contributed by atoms with E-state index in [1.54, 1.807) is 0 Å². The second-order valence-corrected chi connectivity index (χ2v) is 5.45. The number of aromatic nitrogens is 1. The lowest BCUT2D eigenvalue weighted by atomic mass is 10.3. The SMILES string of the molecule is O=C(CCOc1nc2ccccc2s1)Nc1ccccc1. The first-order valence-electron chi connectivity index (χ1n) is 6.64. The molecule has 0 bridgehead atoms. The van der Waals surface area contributed by atoms with Crippen LogP contribution in [0.1, 0.15) is 6.42 Å². The molecule has 0 aliphatic carbocycles. The number of anilines is 1. The lowest BCUT2D eigenvalue weighted by Crippen LogP contribution is -2.15. The van der Waals surface area contributed by atoms with Crippen molar-refractivity contribution in [2.45, 2.75) is 6.42 Å². The van der Waals surface area contributed by atoms with Crippen LogP contribution in [0.5, 0.6) is 5.19 Å². The van der Waals surface area contributed by atoms with E-state index in [0.717, 1.165) is 15.9 Å². The molecule has 4 nitrogen and oxygen atoms in total. The number of rotatable bonds is 5. The smallest absolute Gasteiger partial charge is 0.274 e. The zero-order valence-corrected chi connectivity index (χ0v) is 12.1. The van der Waals surface area contributed by atoms with Gasteiger partial charge in [0.25, 0.3) is 5.19 Å². The normalized spacial score (nSPS) is 10.5. The molecule has 21 heavy (non-hydrogen) atoms. The van der Waals surface area contributed by atoms with Crippen LogP contribution in [0.2, 0.25) is 0 Å². The molecule has 0 aliphatic heterocycles. The van der Waals surface area contributed by atoms with Crippen molar-refractivity contribution in [1.82, 2.24) is 4.98 Å². The number of hydrogen-bond acceptors (Lipinski definition) is 4. The first-order valence-corrected chi connectivity index (χ1v) is 7.46. The molecule has 2 aromatic carbocycles. The summed E-state index contributed by atoms with van der Waals surface area (Å²) in [5, 5.41) is 3.42. The number of benzene rings is 2. The average molecular weight is 298 g/mol. The van der Waals surface area contributed by atoms with Gasteiger partial charge in [0.1, 0.15) is 0 Å². The number of fused-ring (bicyclic) bond motifs is 1.